The molecule has 1 aromatic carbocycles. The van der Waals surface area contributed by atoms with Gasteiger partial charge < -0.3 is 19.9 Å². The Balaban J connectivity index is 1.78. The van der Waals surface area contributed by atoms with Crippen LogP contribution in [0.3, 0.4) is 0 Å². The van der Waals surface area contributed by atoms with Crippen molar-refractivity contribution < 1.29 is 23.8 Å². The van der Waals surface area contributed by atoms with Crippen LogP contribution in [0.1, 0.15) is 19.3 Å². The van der Waals surface area contributed by atoms with Crippen LogP contribution in [0.5, 0.6) is 5.75 Å². The molecule has 1 heterocycles. The quantitative estimate of drug-likeness (QED) is 0.829. The molecule has 0 unspecified atom stereocenters. The van der Waals surface area contributed by atoms with E-state index in [2.05, 4.69) is 5.32 Å². The minimum absolute atomic E-state index is 0.0881. The van der Waals surface area contributed by atoms with Crippen molar-refractivity contribution in [3.63, 3.8) is 0 Å². The Hall–Kier alpha value is -1.66. The minimum Gasteiger partial charge on any atom is -0.490 e. The van der Waals surface area contributed by atoms with E-state index in [1.807, 2.05) is 0 Å². The Morgan fingerprint density at radius 2 is 2.10 bits per heavy atom. The molecule has 1 aliphatic rings. The van der Waals surface area contributed by atoms with Crippen molar-refractivity contribution in [1.29, 1.82) is 0 Å². The van der Waals surface area contributed by atoms with Crippen molar-refractivity contribution in [3.05, 3.63) is 30.1 Å². The molecule has 0 radical (unpaired) electrons. The number of rotatable bonds is 6. The third-order valence-electron chi connectivity index (χ3n) is 3.58. The van der Waals surface area contributed by atoms with Gasteiger partial charge in [-0.3, -0.25) is 4.79 Å². The molecule has 0 bridgehead atoms. The summed E-state index contributed by atoms with van der Waals surface area (Å²) in [5.41, 5.74) is -0.604. The summed E-state index contributed by atoms with van der Waals surface area (Å²) in [5.74, 6) is -0.537. The number of nitrogens with one attached hydrogen (secondary N) is 1. The van der Waals surface area contributed by atoms with Crippen LogP contribution in [0.25, 0.3) is 0 Å². The maximum Gasteiger partial charge on any atom is 0.223 e. The highest BCUT2D eigenvalue weighted by Crippen LogP contribution is 2.20. The fourth-order valence-electron chi connectivity index (χ4n) is 2.26. The molecular weight excluding hydrogens is 277 g/mol. The van der Waals surface area contributed by atoms with E-state index < -0.39 is 11.4 Å². The van der Waals surface area contributed by atoms with Gasteiger partial charge in [0.15, 0.2) is 11.6 Å². The summed E-state index contributed by atoms with van der Waals surface area (Å²) in [6, 6.07) is 6.06. The van der Waals surface area contributed by atoms with Crippen molar-refractivity contribution in [2.45, 2.75) is 24.8 Å². The number of aliphatic hydroxyl groups excluding tert-OH is 1. The van der Waals surface area contributed by atoms with Gasteiger partial charge in [0.2, 0.25) is 5.91 Å². The summed E-state index contributed by atoms with van der Waals surface area (Å²) in [4.78, 5) is 11.9. The van der Waals surface area contributed by atoms with Crippen LogP contribution < -0.4 is 10.1 Å². The second kappa shape index (κ2) is 7.38. The first-order valence-corrected chi connectivity index (χ1v) is 7.02. The van der Waals surface area contributed by atoms with E-state index in [0.29, 0.717) is 26.1 Å². The van der Waals surface area contributed by atoms with Gasteiger partial charge in [-0.25, -0.2) is 4.39 Å². The Morgan fingerprint density at radius 1 is 1.38 bits per heavy atom. The van der Waals surface area contributed by atoms with E-state index in [1.165, 1.54) is 12.1 Å². The van der Waals surface area contributed by atoms with Crippen molar-refractivity contribution in [3.8, 4) is 5.75 Å². The average molecular weight is 297 g/mol. The fourth-order valence-corrected chi connectivity index (χ4v) is 2.26. The second-order valence-electron chi connectivity index (χ2n) is 5.13. The molecule has 1 amide bonds. The van der Waals surface area contributed by atoms with Gasteiger partial charge in [0.1, 0.15) is 0 Å². The molecule has 0 aliphatic carbocycles. The summed E-state index contributed by atoms with van der Waals surface area (Å²) < 4.78 is 23.8. The van der Waals surface area contributed by atoms with E-state index >= 15 is 0 Å². The van der Waals surface area contributed by atoms with Crippen molar-refractivity contribution >= 4 is 5.91 Å². The largest absolute Gasteiger partial charge is 0.490 e. The minimum atomic E-state index is -0.604. The zero-order valence-corrected chi connectivity index (χ0v) is 11.8. The zero-order valence-electron chi connectivity index (χ0n) is 11.8. The average Bonchev–Trinajstić information content (AvgIpc) is 2.50. The molecule has 5 nitrogen and oxygen atoms in total. The van der Waals surface area contributed by atoms with E-state index in [4.69, 9.17) is 9.47 Å². The first kappa shape index (κ1) is 15.7. The third-order valence-corrected chi connectivity index (χ3v) is 3.58. The number of carbonyl (C=O) groups is 1. The normalized spacial score (nSPS) is 17.2. The van der Waals surface area contributed by atoms with Crippen LogP contribution in [0.4, 0.5) is 4.39 Å². The van der Waals surface area contributed by atoms with Gasteiger partial charge in [-0.05, 0) is 25.0 Å². The summed E-state index contributed by atoms with van der Waals surface area (Å²) in [5, 5.41) is 12.3. The number of ether oxygens (including phenoxy) is 2. The van der Waals surface area contributed by atoms with Gasteiger partial charge in [-0.15, -0.1) is 0 Å². The fraction of sp³-hybridized carbons (Fsp3) is 0.533. The van der Waals surface area contributed by atoms with E-state index in [9.17, 15) is 14.3 Å². The maximum absolute atomic E-state index is 13.3. The number of aliphatic hydroxyl groups is 1. The molecule has 1 aromatic rings. The van der Waals surface area contributed by atoms with Crippen LogP contribution in [0.2, 0.25) is 0 Å². The predicted octanol–water partition coefficient (Wildman–Crippen LogP) is 1.25. The molecule has 1 fully saturated rings. The molecule has 116 valence electrons. The number of carbonyl (C=O) groups excluding carboxylic acids is 1. The summed E-state index contributed by atoms with van der Waals surface area (Å²) >= 11 is 0. The highest BCUT2D eigenvalue weighted by atomic mass is 19.1. The van der Waals surface area contributed by atoms with Crippen LogP contribution in [-0.2, 0) is 9.53 Å². The van der Waals surface area contributed by atoms with E-state index in [1.54, 1.807) is 12.1 Å². The molecule has 6 heteroatoms. The SMILES string of the molecule is O=C(CCOc1ccccc1F)NC1(CO)CCOCC1. The number of hydrogen-bond acceptors (Lipinski definition) is 4. The summed E-state index contributed by atoms with van der Waals surface area (Å²) in [6.45, 7) is 1.01. The molecule has 0 atom stereocenters. The predicted molar refractivity (Wildman–Crippen MR) is 74.5 cm³/mol. The number of halogens is 1. The summed E-state index contributed by atoms with van der Waals surface area (Å²) in [6.07, 6.45) is 1.28. The lowest BCUT2D eigenvalue weighted by molar-refractivity contribution is -0.125. The first-order valence-electron chi connectivity index (χ1n) is 7.02. The van der Waals surface area contributed by atoms with Crippen LogP contribution in [0, 0.1) is 5.82 Å². The molecule has 1 aliphatic heterocycles. The topological polar surface area (TPSA) is 67.8 Å². The lowest BCUT2D eigenvalue weighted by Crippen LogP contribution is -2.54. The van der Waals surface area contributed by atoms with Gasteiger partial charge >= 0.3 is 0 Å². The number of para-hydroxylation sites is 1. The highest BCUT2D eigenvalue weighted by molar-refractivity contribution is 5.77. The molecule has 0 saturated carbocycles. The van der Waals surface area contributed by atoms with Gasteiger partial charge in [-0.1, -0.05) is 12.1 Å². The Kier molecular flexibility index (Phi) is 5.52. The standard InChI is InChI=1S/C15H20FNO4/c16-12-3-1-2-4-13(12)21-8-5-14(19)17-15(11-18)6-9-20-10-7-15/h1-4,18H,5-11H2,(H,17,19). The number of amides is 1. The van der Waals surface area contributed by atoms with Crippen molar-refractivity contribution in [1.82, 2.24) is 5.32 Å². The van der Waals surface area contributed by atoms with Gasteiger partial charge in [0.05, 0.1) is 25.2 Å². The molecule has 21 heavy (non-hydrogen) atoms. The smallest absolute Gasteiger partial charge is 0.223 e. The number of hydrogen-bond donors (Lipinski definition) is 2. The van der Waals surface area contributed by atoms with Crippen LogP contribution in [-0.4, -0.2) is 43.0 Å². The molecule has 2 rings (SSSR count). The molecule has 1 saturated heterocycles. The zero-order chi connectivity index (χ0) is 15.1. The monoisotopic (exact) mass is 297 g/mol. The highest BCUT2D eigenvalue weighted by Gasteiger charge is 2.33. The third kappa shape index (κ3) is 4.41. The molecule has 0 spiro atoms. The lowest BCUT2D eigenvalue weighted by Gasteiger charge is -2.36. The maximum atomic E-state index is 13.3. The second-order valence-corrected chi connectivity index (χ2v) is 5.13. The first-order chi connectivity index (χ1) is 10.2. The Bertz CT molecular complexity index is 474. The van der Waals surface area contributed by atoms with Gasteiger partial charge in [0.25, 0.3) is 0 Å². The van der Waals surface area contributed by atoms with Crippen LogP contribution in [0.15, 0.2) is 24.3 Å². The Morgan fingerprint density at radius 3 is 2.76 bits per heavy atom. The van der Waals surface area contributed by atoms with Gasteiger partial charge in [0, 0.05) is 13.2 Å². The van der Waals surface area contributed by atoms with Crippen molar-refractivity contribution in [2.24, 2.45) is 0 Å². The number of benzene rings is 1. The molecule has 0 aromatic heterocycles. The lowest BCUT2D eigenvalue weighted by atomic mass is 9.91. The molecular formula is C15H20FNO4. The van der Waals surface area contributed by atoms with Crippen LogP contribution >= 0.6 is 0 Å². The van der Waals surface area contributed by atoms with E-state index in [0.717, 1.165) is 0 Å². The summed E-state index contributed by atoms with van der Waals surface area (Å²) in [7, 11) is 0. The molecule has 2 N–H and O–H groups in total. The van der Waals surface area contributed by atoms with Gasteiger partial charge in [-0.2, -0.15) is 0 Å². The van der Waals surface area contributed by atoms with Crippen molar-refractivity contribution in [2.75, 3.05) is 26.4 Å². The van der Waals surface area contributed by atoms with E-state index in [-0.39, 0.29) is 31.3 Å². The Labute approximate surface area is 123 Å².